The lowest BCUT2D eigenvalue weighted by Crippen LogP contribution is -2.55. The number of hydrogen-bond acceptors (Lipinski definition) is 5. The van der Waals surface area contributed by atoms with Crippen molar-refractivity contribution < 1.29 is 23.8 Å². The zero-order valence-electron chi connectivity index (χ0n) is 16.4. The summed E-state index contributed by atoms with van der Waals surface area (Å²) in [5, 5.41) is 0. The van der Waals surface area contributed by atoms with Crippen LogP contribution in [0.1, 0.15) is 42.7 Å². The molecule has 1 heterocycles. The fourth-order valence-corrected chi connectivity index (χ4v) is 6.95. The van der Waals surface area contributed by atoms with Crippen molar-refractivity contribution >= 4 is 11.9 Å². The summed E-state index contributed by atoms with van der Waals surface area (Å²) >= 11 is 0. The Labute approximate surface area is 165 Å². The smallest absolute Gasteiger partial charge is 0.324 e. The lowest BCUT2D eigenvalue weighted by molar-refractivity contribution is -0.165. The van der Waals surface area contributed by atoms with Crippen molar-refractivity contribution in [1.82, 2.24) is 0 Å². The molecule has 1 spiro atoms. The number of benzene rings is 1. The predicted molar refractivity (Wildman–Crippen MR) is 102 cm³/mol. The van der Waals surface area contributed by atoms with Crippen molar-refractivity contribution in [2.45, 2.75) is 43.6 Å². The Kier molecular flexibility index (Phi) is 3.71. The van der Waals surface area contributed by atoms with Gasteiger partial charge in [-0.2, -0.15) is 0 Å². The quantitative estimate of drug-likeness (QED) is 0.455. The maximum atomic E-state index is 13.4. The molecular formula is C23H26O5. The van der Waals surface area contributed by atoms with Gasteiger partial charge >= 0.3 is 11.9 Å². The molecule has 1 aromatic carbocycles. The van der Waals surface area contributed by atoms with Crippen LogP contribution >= 0.6 is 0 Å². The molecule has 6 atom stereocenters. The van der Waals surface area contributed by atoms with Crippen LogP contribution in [-0.2, 0) is 25.5 Å². The predicted octanol–water partition coefficient (Wildman–Crippen LogP) is 3.41. The van der Waals surface area contributed by atoms with Crippen molar-refractivity contribution in [1.29, 1.82) is 0 Å². The fourth-order valence-electron chi connectivity index (χ4n) is 6.95. The Morgan fingerprint density at radius 2 is 2.11 bits per heavy atom. The van der Waals surface area contributed by atoms with Crippen LogP contribution in [0.15, 0.2) is 30.9 Å². The van der Waals surface area contributed by atoms with Crippen LogP contribution in [0.25, 0.3) is 0 Å². The molecule has 1 aliphatic heterocycles. The minimum Gasteiger partial charge on any atom is -0.497 e. The highest BCUT2D eigenvalue weighted by Crippen LogP contribution is 2.70. The van der Waals surface area contributed by atoms with Gasteiger partial charge in [0.15, 0.2) is 5.41 Å². The Bertz CT molecular complexity index is 876. The fraction of sp³-hybridized carbons (Fsp3) is 0.565. The number of carbonyl (C=O) groups excluding carboxylic acids is 2. The number of fused-ring (bicyclic) bond motifs is 6. The van der Waals surface area contributed by atoms with E-state index in [4.69, 9.17) is 14.2 Å². The van der Waals surface area contributed by atoms with Gasteiger partial charge in [0.25, 0.3) is 0 Å². The lowest BCUT2D eigenvalue weighted by Gasteiger charge is -2.50. The SMILES string of the molecule is C=C[C@@H]1CC[C@H]2[C@@H]3CCc4cc(OC)ccc4[C@H]3[C@@]3(C(=O)OC)C[C@@]12OC3=O. The van der Waals surface area contributed by atoms with Gasteiger partial charge in [-0.3, -0.25) is 9.59 Å². The van der Waals surface area contributed by atoms with E-state index in [1.54, 1.807) is 7.11 Å². The van der Waals surface area contributed by atoms with E-state index in [1.807, 2.05) is 24.3 Å². The standard InChI is InChI=1S/C23H26O5/c1-4-14-6-10-18-17-8-5-13-11-15(26-2)7-9-16(13)19(17)22(20(24)27-3)12-23(14,18)28-21(22)25/h4,7,9,11,14,17-19H,1,5-6,8,10,12H2,2-3H3/t14-,17+,18+,19-,22-,23-/m1/s1. The van der Waals surface area contributed by atoms with Crippen molar-refractivity contribution in [2.75, 3.05) is 14.2 Å². The minimum absolute atomic E-state index is 0.103. The number of carbonyl (C=O) groups is 2. The molecule has 3 fully saturated rings. The van der Waals surface area contributed by atoms with E-state index in [1.165, 1.54) is 7.11 Å². The number of esters is 2. The molecule has 5 heteroatoms. The average molecular weight is 382 g/mol. The van der Waals surface area contributed by atoms with Crippen LogP contribution in [0.3, 0.4) is 0 Å². The third-order valence-corrected chi connectivity index (χ3v) is 7.99. The zero-order valence-corrected chi connectivity index (χ0v) is 16.4. The van der Waals surface area contributed by atoms with Crippen molar-refractivity contribution in [3.63, 3.8) is 0 Å². The topological polar surface area (TPSA) is 61.8 Å². The summed E-state index contributed by atoms with van der Waals surface area (Å²) in [6, 6.07) is 6.00. The van der Waals surface area contributed by atoms with Crippen LogP contribution < -0.4 is 4.74 Å². The second-order valence-electron chi connectivity index (χ2n) is 8.76. The molecule has 2 saturated carbocycles. The molecule has 5 nitrogen and oxygen atoms in total. The van der Waals surface area contributed by atoms with E-state index in [0.717, 1.165) is 42.6 Å². The third kappa shape index (κ3) is 1.92. The highest BCUT2D eigenvalue weighted by atomic mass is 16.6. The number of ether oxygens (including phenoxy) is 3. The van der Waals surface area contributed by atoms with Crippen LogP contribution in [0, 0.1) is 23.2 Å². The molecule has 2 bridgehead atoms. The Balaban J connectivity index is 1.73. The van der Waals surface area contributed by atoms with Gasteiger partial charge in [-0.05, 0) is 54.9 Å². The average Bonchev–Trinajstić information content (AvgIpc) is 3.21. The largest absolute Gasteiger partial charge is 0.497 e. The molecule has 0 aromatic heterocycles. The summed E-state index contributed by atoms with van der Waals surface area (Å²) in [4.78, 5) is 26.5. The van der Waals surface area contributed by atoms with Gasteiger partial charge < -0.3 is 14.2 Å². The zero-order chi connectivity index (χ0) is 19.7. The molecule has 4 aliphatic rings. The second-order valence-corrected chi connectivity index (χ2v) is 8.76. The maximum Gasteiger partial charge on any atom is 0.324 e. The molecular weight excluding hydrogens is 356 g/mol. The van der Waals surface area contributed by atoms with Crippen LogP contribution in [0.2, 0.25) is 0 Å². The summed E-state index contributed by atoms with van der Waals surface area (Å²) in [5.74, 6) is 0.328. The highest BCUT2D eigenvalue weighted by Gasteiger charge is 2.76. The van der Waals surface area contributed by atoms with Crippen molar-refractivity contribution in [2.24, 2.45) is 23.2 Å². The Morgan fingerprint density at radius 1 is 1.29 bits per heavy atom. The number of hydrogen-bond donors (Lipinski definition) is 0. The van der Waals surface area contributed by atoms with Crippen LogP contribution in [0.5, 0.6) is 5.75 Å². The van der Waals surface area contributed by atoms with Gasteiger partial charge in [0, 0.05) is 24.2 Å². The van der Waals surface area contributed by atoms with Crippen molar-refractivity contribution in [3.8, 4) is 5.75 Å². The molecule has 0 amide bonds. The molecule has 5 rings (SSSR count). The highest BCUT2D eigenvalue weighted by molar-refractivity contribution is 6.03. The normalized spacial score (nSPS) is 40.0. The minimum atomic E-state index is -1.26. The second kappa shape index (κ2) is 5.85. The first kappa shape index (κ1) is 17.8. The van der Waals surface area contributed by atoms with Gasteiger partial charge in [-0.1, -0.05) is 12.1 Å². The monoisotopic (exact) mass is 382 g/mol. The summed E-state index contributed by atoms with van der Waals surface area (Å²) < 4.78 is 16.8. The molecule has 1 aromatic rings. The van der Waals surface area contributed by atoms with Gasteiger partial charge in [-0.25, -0.2) is 0 Å². The first-order valence-electron chi connectivity index (χ1n) is 10.1. The molecule has 3 aliphatic carbocycles. The van der Waals surface area contributed by atoms with Crippen LogP contribution in [-0.4, -0.2) is 31.8 Å². The molecule has 28 heavy (non-hydrogen) atoms. The summed E-state index contributed by atoms with van der Waals surface area (Å²) in [6.07, 6.45) is 6.15. The first-order chi connectivity index (χ1) is 13.5. The van der Waals surface area contributed by atoms with E-state index in [0.29, 0.717) is 6.42 Å². The first-order valence-corrected chi connectivity index (χ1v) is 10.1. The summed E-state index contributed by atoms with van der Waals surface area (Å²) in [6.45, 7) is 4.00. The summed E-state index contributed by atoms with van der Waals surface area (Å²) in [5.41, 5.74) is 0.384. The molecule has 1 saturated heterocycles. The summed E-state index contributed by atoms with van der Waals surface area (Å²) in [7, 11) is 3.02. The van der Waals surface area contributed by atoms with E-state index < -0.39 is 23.0 Å². The molecule has 0 N–H and O–H groups in total. The van der Waals surface area contributed by atoms with E-state index in [9.17, 15) is 9.59 Å². The maximum absolute atomic E-state index is 13.4. The van der Waals surface area contributed by atoms with E-state index in [-0.39, 0.29) is 23.7 Å². The third-order valence-electron chi connectivity index (χ3n) is 7.99. The van der Waals surface area contributed by atoms with Crippen LogP contribution in [0.4, 0.5) is 0 Å². The van der Waals surface area contributed by atoms with Gasteiger partial charge in [0.05, 0.1) is 14.2 Å². The Hall–Kier alpha value is -2.30. The number of rotatable bonds is 3. The molecule has 0 unspecified atom stereocenters. The van der Waals surface area contributed by atoms with Gasteiger partial charge in [-0.15, -0.1) is 6.58 Å². The van der Waals surface area contributed by atoms with Gasteiger partial charge in [0.1, 0.15) is 11.4 Å². The molecule has 0 radical (unpaired) electrons. The number of aryl methyl sites for hydroxylation is 1. The van der Waals surface area contributed by atoms with Crippen molar-refractivity contribution in [3.05, 3.63) is 42.0 Å². The number of methoxy groups -OCH3 is 2. The van der Waals surface area contributed by atoms with E-state index in [2.05, 4.69) is 6.58 Å². The lowest BCUT2D eigenvalue weighted by atomic mass is 9.50. The Morgan fingerprint density at radius 3 is 2.82 bits per heavy atom. The molecule has 148 valence electrons. The van der Waals surface area contributed by atoms with Gasteiger partial charge in [0.2, 0.25) is 0 Å². The van der Waals surface area contributed by atoms with E-state index >= 15 is 0 Å².